The van der Waals surface area contributed by atoms with Crippen molar-refractivity contribution >= 4 is 11.9 Å². The summed E-state index contributed by atoms with van der Waals surface area (Å²) in [4.78, 5) is 21.8. The van der Waals surface area contributed by atoms with Gasteiger partial charge >= 0.3 is 0 Å². The van der Waals surface area contributed by atoms with Crippen molar-refractivity contribution in [2.75, 3.05) is 31.1 Å². The summed E-state index contributed by atoms with van der Waals surface area (Å²) in [7, 11) is 0. The predicted molar refractivity (Wildman–Crippen MR) is 106 cm³/mol. The number of carbonyl (C=O) groups is 1. The lowest BCUT2D eigenvalue weighted by atomic mass is 9.83. The van der Waals surface area contributed by atoms with Gasteiger partial charge in [-0.25, -0.2) is 4.98 Å². The Morgan fingerprint density at radius 2 is 1.86 bits per heavy atom. The van der Waals surface area contributed by atoms with Crippen molar-refractivity contribution < 1.29 is 14.6 Å². The molecule has 1 aromatic rings. The highest BCUT2D eigenvalue weighted by Gasteiger charge is 2.58. The van der Waals surface area contributed by atoms with Crippen LogP contribution in [-0.4, -0.2) is 75.6 Å². The summed E-state index contributed by atoms with van der Waals surface area (Å²) in [5.41, 5.74) is 1.93. The van der Waals surface area contributed by atoms with Crippen LogP contribution in [0.1, 0.15) is 31.7 Å². The highest BCUT2D eigenvalue weighted by atomic mass is 16.5. The predicted octanol–water partition coefficient (Wildman–Crippen LogP) is 0.595. The number of fused-ring (bicyclic) bond motifs is 4. The van der Waals surface area contributed by atoms with Crippen LogP contribution in [-0.2, 0) is 22.4 Å². The second-order valence-corrected chi connectivity index (χ2v) is 8.63. The quantitative estimate of drug-likeness (QED) is 0.741. The Balaban J connectivity index is 1.37. The Labute approximate surface area is 171 Å². The normalized spacial score (nSPS) is 35.4. The van der Waals surface area contributed by atoms with Crippen LogP contribution < -0.4 is 4.90 Å². The van der Waals surface area contributed by atoms with Gasteiger partial charge in [-0.15, -0.1) is 5.10 Å². The topological polar surface area (TPSA) is 91.7 Å². The first-order valence-corrected chi connectivity index (χ1v) is 10.8. The van der Waals surface area contributed by atoms with Crippen molar-refractivity contribution in [1.29, 1.82) is 0 Å². The first-order chi connectivity index (χ1) is 14.1. The summed E-state index contributed by atoms with van der Waals surface area (Å²) in [5, 5.41) is 19.7. The zero-order valence-electron chi connectivity index (χ0n) is 17.1. The molecular weight excluding hydrogens is 370 g/mol. The first kappa shape index (κ1) is 18.9. The van der Waals surface area contributed by atoms with E-state index in [1.165, 1.54) is 0 Å². The second kappa shape index (κ2) is 7.32. The molecular formula is C21H29N5O3. The van der Waals surface area contributed by atoms with Crippen LogP contribution in [0, 0.1) is 17.8 Å². The monoisotopic (exact) mass is 399 g/mol. The smallest absolute Gasteiger partial charge is 0.245 e. The van der Waals surface area contributed by atoms with E-state index in [0.29, 0.717) is 38.5 Å². The number of aliphatic hydroxyl groups excluding tert-OH is 1. The average molecular weight is 399 g/mol. The highest BCUT2D eigenvalue weighted by molar-refractivity contribution is 5.80. The van der Waals surface area contributed by atoms with E-state index in [1.807, 2.05) is 17.1 Å². The number of anilines is 1. The second-order valence-electron chi connectivity index (χ2n) is 8.63. The van der Waals surface area contributed by atoms with Gasteiger partial charge in [0.2, 0.25) is 11.9 Å². The molecule has 3 fully saturated rings. The summed E-state index contributed by atoms with van der Waals surface area (Å²) < 4.78 is 6.18. The molecule has 4 aliphatic rings. The third kappa shape index (κ3) is 3.04. The van der Waals surface area contributed by atoms with Gasteiger partial charge in [0, 0.05) is 38.0 Å². The third-order valence-corrected chi connectivity index (χ3v) is 7.10. The van der Waals surface area contributed by atoms with Crippen molar-refractivity contribution in [2.24, 2.45) is 17.8 Å². The minimum atomic E-state index is -0.552. The van der Waals surface area contributed by atoms with Gasteiger partial charge < -0.3 is 19.6 Å². The Morgan fingerprint density at radius 1 is 1.14 bits per heavy atom. The number of ether oxygens (including phenoxy) is 1. The Kier molecular flexibility index (Phi) is 4.78. The summed E-state index contributed by atoms with van der Waals surface area (Å²) in [6.07, 6.45) is 5.39. The molecule has 0 aliphatic carbocycles. The van der Waals surface area contributed by atoms with E-state index < -0.39 is 6.10 Å². The van der Waals surface area contributed by atoms with Gasteiger partial charge in [0.1, 0.15) is 0 Å². The summed E-state index contributed by atoms with van der Waals surface area (Å²) in [5.74, 6) is 0.799. The van der Waals surface area contributed by atoms with Crippen molar-refractivity contribution in [3.63, 3.8) is 0 Å². The Bertz CT molecular complexity index is 823. The van der Waals surface area contributed by atoms with E-state index >= 15 is 0 Å². The molecule has 1 amide bonds. The lowest BCUT2D eigenvalue weighted by Gasteiger charge is -2.36. The molecule has 29 heavy (non-hydrogen) atoms. The maximum atomic E-state index is 13.1. The van der Waals surface area contributed by atoms with Crippen LogP contribution in [0.4, 0.5) is 5.95 Å². The van der Waals surface area contributed by atoms with Crippen molar-refractivity contribution in [2.45, 2.75) is 51.4 Å². The van der Waals surface area contributed by atoms with Gasteiger partial charge in [-0.05, 0) is 19.3 Å². The molecule has 5 heterocycles. The van der Waals surface area contributed by atoms with E-state index in [4.69, 9.17) is 9.72 Å². The van der Waals surface area contributed by atoms with E-state index in [-0.39, 0.29) is 35.9 Å². The number of aryl methyl sites for hydroxylation is 2. The molecule has 8 heteroatoms. The summed E-state index contributed by atoms with van der Waals surface area (Å²) in [6.45, 7) is 6.88. The zero-order chi connectivity index (χ0) is 20.1. The molecule has 156 valence electrons. The van der Waals surface area contributed by atoms with Crippen molar-refractivity contribution in [3.05, 3.63) is 23.5 Å². The SMILES string of the molecule is CCc1nnc(N2C[C@H]3[C@H](O)[C@@H]4CC(C(=O)N5CC=CC5)[C@@H](O4)[C@H]3C2)nc1CC. The lowest BCUT2D eigenvalue weighted by molar-refractivity contribution is -0.146. The van der Waals surface area contributed by atoms with Crippen LogP contribution in [0.25, 0.3) is 0 Å². The molecule has 1 N–H and O–H groups in total. The number of nitrogens with zero attached hydrogens (tertiary/aromatic N) is 5. The molecule has 0 spiro atoms. The maximum Gasteiger partial charge on any atom is 0.245 e. The number of hydrogen-bond donors (Lipinski definition) is 1. The molecule has 5 rings (SSSR count). The summed E-state index contributed by atoms with van der Waals surface area (Å²) in [6, 6.07) is 0. The molecule has 0 aromatic carbocycles. The molecule has 8 nitrogen and oxygen atoms in total. The number of aliphatic hydroxyl groups is 1. The number of aromatic nitrogens is 3. The van der Waals surface area contributed by atoms with E-state index in [1.54, 1.807) is 0 Å². The molecule has 6 atom stereocenters. The number of amides is 1. The van der Waals surface area contributed by atoms with Gasteiger partial charge in [-0.3, -0.25) is 4.79 Å². The van der Waals surface area contributed by atoms with Gasteiger partial charge in [-0.2, -0.15) is 5.10 Å². The largest absolute Gasteiger partial charge is 0.390 e. The zero-order valence-corrected chi connectivity index (χ0v) is 17.1. The minimum absolute atomic E-state index is 0.0766. The fraction of sp³-hybridized carbons (Fsp3) is 0.714. The molecule has 0 saturated carbocycles. The number of rotatable bonds is 4. The van der Waals surface area contributed by atoms with Crippen LogP contribution in [0.15, 0.2) is 12.2 Å². The number of carbonyl (C=O) groups excluding carboxylic acids is 1. The Hall–Kier alpha value is -2.06. The van der Waals surface area contributed by atoms with E-state index in [0.717, 1.165) is 24.2 Å². The average Bonchev–Trinajstić information content (AvgIpc) is 3.50. The standard InChI is InChI=1S/C21H29N5O3/c1-3-15-16(4-2)23-24-21(22-15)26-10-13-14(11-26)19-12(9-17(29-19)18(13)27)20(28)25-7-5-6-8-25/h5-6,12-14,17-19,27H,3-4,7-11H2,1-2H3/t12?,13-,14+,17+,18+,19-/m1/s1. The van der Waals surface area contributed by atoms with Crippen LogP contribution in [0.2, 0.25) is 0 Å². The van der Waals surface area contributed by atoms with Crippen molar-refractivity contribution in [3.8, 4) is 0 Å². The number of hydrogen-bond acceptors (Lipinski definition) is 7. The molecule has 4 aliphatic heterocycles. The van der Waals surface area contributed by atoms with Crippen LogP contribution >= 0.6 is 0 Å². The highest BCUT2D eigenvalue weighted by Crippen LogP contribution is 2.47. The molecule has 1 aromatic heterocycles. The molecule has 2 bridgehead atoms. The van der Waals surface area contributed by atoms with Gasteiger partial charge in [-0.1, -0.05) is 26.0 Å². The van der Waals surface area contributed by atoms with Crippen LogP contribution in [0.3, 0.4) is 0 Å². The fourth-order valence-electron chi connectivity index (χ4n) is 5.55. The molecule has 1 unspecified atom stereocenters. The Morgan fingerprint density at radius 3 is 2.59 bits per heavy atom. The first-order valence-electron chi connectivity index (χ1n) is 10.8. The van der Waals surface area contributed by atoms with Gasteiger partial charge in [0.25, 0.3) is 0 Å². The van der Waals surface area contributed by atoms with E-state index in [9.17, 15) is 9.90 Å². The minimum Gasteiger partial charge on any atom is -0.390 e. The van der Waals surface area contributed by atoms with Gasteiger partial charge in [0.05, 0.1) is 35.6 Å². The molecule has 0 radical (unpaired) electrons. The van der Waals surface area contributed by atoms with Crippen LogP contribution in [0.5, 0.6) is 0 Å². The fourth-order valence-corrected chi connectivity index (χ4v) is 5.55. The molecule has 3 saturated heterocycles. The summed E-state index contributed by atoms with van der Waals surface area (Å²) >= 11 is 0. The van der Waals surface area contributed by atoms with E-state index in [2.05, 4.69) is 28.9 Å². The van der Waals surface area contributed by atoms with Gasteiger partial charge in [0.15, 0.2) is 0 Å². The third-order valence-electron chi connectivity index (χ3n) is 7.10. The maximum absolute atomic E-state index is 13.1. The van der Waals surface area contributed by atoms with Crippen molar-refractivity contribution in [1.82, 2.24) is 20.1 Å². The lowest BCUT2D eigenvalue weighted by Crippen LogP contribution is -2.47.